The molecule has 0 aliphatic rings. The van der Waals surface area contributed by atoms with E-state index in [9.17, 15) is 0 Å². The Morgan fingerprint density at radius 3 is 2.50 bits per heavy atom. The normalized spacial score (nSPS) is 12.3. The van der Waals surface area contributed by atoms with Crippen molar-refractivity contribution < 1.29 is 0 Å². The summed E-state index contributed by atoms with van der Waals surface area (Å²) in [6, 6.07) is 10.3. The molecule has 1 N–H and O–H groups in total. The fourth-order valence-electron chi connectivity index (χ4n) is 2.17. The van der Waals surface area contributed by atoms with Crippen molar-refractivity contribution >= 4 is 17.3 Å². The lowest BCUT2D eigenvalue weighted by atomic mass is 9.98. The second-order valence-corrected chi connectivity index (χ2v) is 7.95. The first-order valence-corrected chi connectivity index (χ1v) is 9.18. The molecule has 1 aromatic heterocycles. The van der Waals surface area contributed by atoms with Crippen LogP contribution in [0.5, 0.6) is 0 Å². The third kappa shape index (κ3) is 5.64. The molecule has 0 radical (unpaired) electrons. The first kappa shape index (κ1) is 18.5. The molecule has 24 heavy (non-hydrogen) atoms. The lowest BCUT2D eigenvalue weighted by Gasteiger charge is -2.17. The number of benzene rings is 1. The number of nitrogens with zero attached hydrogens (tertiary/aromatic N) is 3. The van der Waals surface area contributed by atoms with Gasteiger partial charge in [-0.25, -0.2) is 9.98 Å². The third-order valence-corrected chi connectivity index (χ3v) is 4.85. The lowest BCUT2D eigenvalue weighted by molar-refractivity contribution is 0.574. The van der Waals surface area contributed by atoms with Gasteiger partial charge in [-0.2, -0.15) is 0 Å². The van der Waals surface area contributed by atoms with Gasteiger partial charge >= 0.3 is 0 Å². The molecule has 0 amide bonds. The first-order valence-electron chi connectivity index (χ1n) is 8.30. The van der Waals surface area contributed by atoms with Crippen molar-refractivity contribution in [1.82, 2.24) is 15.2 Å². The molecule has 0 unspecified atom stereocenters. The van der Waals surface area contributed by atoms with Crippen molar-refractivity contribution in [1.29, 1.82) is 0 Å². The van der Waals surface area contributed by atoms with Crippen LogP contribution in [0.4, 0.5) is 0 Å². The molecule has 1 heterocycles. The highest BCUT2D eigenvalue weighted by Crippen LogP contribution is 2.25. The number of rotatable bonds is 5. The predicted octanol–water partition coefficient (Wildman–Crippen LogP) is 3.69. The van der Waals surface area contributed by atoms with Crippen molar-refractivity contribution in [2.24, 2.45) is 4.99 Å². The van der Waals surface area contributed by atoms with Crippen molar-refractivity contribution in [3.63, 3.8) is 0 Å². The summed E-state index contributed by atoms with van der Waals surface area (Å²) in [7, 11) is 4.02. The number of aromatic nitrogens is 1. The van der Waals surface area contributed by atoms with E-state index in [1.807, 2.05) is 37.2 Å². The van der Waals surface area contributed by atoms with Crippen LogP contribution in [0.25, 0.3) is 0 Å². The summed E-state index contributed by atoms with van der Waals surface area (Å²) >= 11 is 1.75. The zero-order valence-corrected chi connectivity index (χ0v) is 16.2. The summed E-state index contributed by atoms with van der Waals surface area (Å²) in [4.78, 5) is 11.4. The van der Waals surface area contributed by atoms with E-state index >= 15 is 0 Å². The van der Waals surface area contributed by atoms with Crippen LogP contribution in [0.15, 0.2) is 40.7 Å². The maximum absolute atomic E-state index is 4.74. The Balaban J connectivity index is 1.89. The van der Waals surface area contributed by atoms with E-state index in [2.05, 4.69) is 48.6 Å². The number of nitrogens with one attached hydrogen (secondary N) is 1. The second kappa shape index (κ2) is 8.29. The topological polar surface area (TPSA) is 40.5 Å². The monoisotopic (exact) mass is 344 g/mol. The fraction of sp³-hybridized carbons (Fsp3) is 0.474. The molecule has 1 aromatic carbocycles. The van der Waals surface area contributed by atoms with Gasteiger partial charge in [-0.05, 0) is 5.56 Å². The fourth-order valence-corrected chi connectivity index (χ4v) is 3.12. The van der Waals surface area contributed by atoms with Crippen LogP contribution in [-0.4, -0.2) is 36.5 Å². The van der Waals surface area contributed by atoms with E-state index in [1.54, 1.807) is 11.3 Å². The van der Waals surface area contributed by atoms with Gasteiger partial charge in [-0.3, -0.25) is 0 Å². The summed E-state index contributed by atoms with van der Waals surface area (Å²) in [5.74, 6) is 0.908. The van der Waals surface area contributed by atoms with Crippen LogP contribution in [0.1, 0.15) is 37.0 Å². The summed E-state index contributed by atoms with van der Waals surface area (Å²) in [5.41, 5.74) is 2.49. The molecule has 5 heteroatoms. The summed E-state index contributed by atoms with van der Waals surface area (Å²) in [6.07, 6.45) is 0.908. The molecule has 0 atom stereocenters. The number of aliphatic imine (C=N–C) groups is 1. The molecule has 0 saturated heterocycles. The Morgan fingerprint density at radius 1 is 1.21 bits per heavy atom. The molecule has 4 nitrogen and oxygen atoms in total. The highest BCUT2D eigenvalue weighted by Gasteiger charge is 2.17. The van der Waals surface area contributed by atoms with E-state index in [0.29, 0.717) is 6.54 Å². The molecule has 0 spiro atoms. The maximum Gasteiger partial charge on any atom is 0.193 e. The Morgan fingerprint density at radius 2 is 1.92 bits per heavy atom. The highest BCUT2D eigenvalue weighted by molar-refractivity contribution is 7.09. The van der Waals surface area contributed by atoms with Crippen LogP contribution in [-0.2, 0) is 18.4 Å². The third-order valence-electron chi connectivity index (χ3n) is 3.54. The van der Waals surface area contributed by atoms with E-state index in [4.69, 9.17) is 4.98 Å². The van der Waals surface area contributed by atoms with Crippen molar-refractivity contribution in [2.45, 2.75) is 39.2 Å². The SMILES string of the molecule is CN(C)C(=NCc1ccccc1)NCCc1csc(C(C)(C)C)n1. The number of hydrogen-bond acceptors (Lipinski definition) is 3. The molecular weight excluding hydrogens is 316 g/mol. The van der Waals surface area contributed by atoms with Crippen LogP contribution < -0.4 is 5.32 Å². The van der Waals surface area contributed by atoms with Gasteiger partial charge in [0.05, 0.1) is 17.2 Å². The summed E-state index contributed by atoms with van der Waals surface area (Å²) in [5, 5.41) is 6.79. The standard InChI is InChI=1S/C19H28N4S/c1-19(2,3)17-22-16(14-24-17)11-12-20-18(23(4)5)21-13-15-9-7-6-8-10-15/h6-10,14H,11-13H2,1-5H3,(H,20,21). The summed E-state index contributed by atoms with van der Waals surface area (Å²) < 4.78 is 0. The van der Waals surface area contributed by atoms with E-state index in [-0.39, 0.29) is 5.41 Å². The van der Waals surface area contributed by atoms with Crippen LogP contribution in [0, 0.1) is 0 Å². The molecule has 2 aromatic rings. The zero-order chi connectivity index (χ0) is 17.6. The Labute approximate surface area is 149 Å². The Hall–Kier alpha value is -1.88. The van der Waals surface area contributed by atoms with E-state index in [1.165, 1.54) is 10.6 Å². The van der Waals surface area contributed by atoms with Crippen LogP contribution in [0.3, 0.4) is 0 Å². The minimum absolute atomic E-state index is 0.127. The molecule has 130 valence electrons. The number of guanidine groups is 1. The minimum Gasteiger partial charge on any atom is -0.356 e. The second-order valence-electron chi connectivity index (χ2n) is 7.09. The average Bonchev–Trinajstić information content (AvgIpc) is 3.00. The van der Waals surface area contributed by atoms with Gasteiger partial charge in [0.15, 0.2) is 5.96 Å². The van der Waals surface area contributed by atoms with Gasteiger partial charge in [-0.1, -0.05) is 51.1 Å². The van der Waals surface area contributed by atoms with Gasteiger partial charge < -0.3 is 10.2 Å². The molecule has 2 rings (SSSR count). The van der Waals surface area contributed by atoms with Crippen LogP contribution >= 0.6 is 11.3 Å². The van der Waals surface area contributed by atoms with E-state index in [0.717, 1.165) is 24.6 Å². The van der Waals surface area contributed by atoms with Crippen molar-refractivity contribution in [3.8, 4) is 0 Å². The quantitative estimate of drug-likeness (QED) is 0.664. The maximum atomic E-state index is 4.74. The molecule has 0 fully saturated rings. The Kier molecular flexibility index (Phi) is 6.37. The number of thiazole rings is 1. The predicted molar refractivity (Wildman–Crippen MR) is 104 cm³/mol. The lowest BCUT2D eigenvalue weighted by Crippen LogP contribution is -2.37. The van der Waals surface area contributed by atoms with Gasteiger partial charge in [0, 0.05) is 37.9 Å². The van der Waals surface area contributed by atoms with Crippen LogP contribution in [0.2, 0.25) is 0 Å². The minimum atomic E-state index is 0.127. The van der Waals surface area contributed by atoms with Gasteiger partial charge in [0.25, 0.3) is 0 Å². The molecule has 0 bridgehead atoms. The highest BCUT2D eigenvalue weighted by atomic mass is 32.1. The average molecular weight is 345 g/mol. The zero-order valence-electron chi connectivity index (χ0n) is 15.3. The van der Waals surface area contributed by atoms with Crippen molar-refractivity contribution in [3.05, 3.63) is 52.0 Å². The molecular formula is C19H28N4S. The smallest absolute Gasteiger partial charge is 0.193 e. The molecule has 0 aliphatic carbocycles. The number of hydrogen-bond donors (Lipinski definition) is 1. The van der Waals surface area contributed by atoms with Gasteiger partial charge in [0.2, 0.25) is 0 Å². The summed E-state index contributed by atoms with van der Waals surface area (Å²) in [6.45, 7) is 8.13. The van der Waals surface area contributed by atoms with E-state index < -0.39 is 0 Å². The molecule has 0 aliphatic heterocycles. The molecule has 0 saturated carbocycles. The Bertz CT molecular complexity index is 654. The van der Waals surface area contributed by atoms with Gasteiger partial charge in [0.1, 0.15) is 0 Å². The van der Waals surface area contributed by atoms with Gasteiger partial charge in [-0.15, -0.1) is 11.3 Å². The van der Waals surface area contributed by atoms with Crippen molar-refractivity contribution in [2.75, 3.05) is 20.6 Å². The largest absolute Gasteiger partial charge is 0.356 e. The first-order chi connectivity index (χ1) is 11.4.